The SMILES string of the molecule is CCCCCCCCCCCCCCCCC1(O)CCN(C(C)=O)[C@]1(CCCCCCCCCCCCCCCC)C(=O)O. The zero-order chi connectivity index (χ0) is 32.4. The quantitative estimate of drug-likeness (QED) is 0.0755. The van der Waals surface area contributed by atoms with E-state index in [1.807, 2.05) is 0 Å². The molecular formula is C39H75NO4. The van der Waals surface area contributed by atoms with E-state index in [1.54, 1.807) is 0 Å². The molecule has 0 spiro atoms. The molecule has 1 aliphatic heterocycles. The second-order valence-corrected chi connectivity index (χ2v) is 14.3. The number of nitrogens with zero attached hydrogens (tertiary/aromatic N) is 1. The van der Waals surface area contributed by atoms with Gasteiger partial charge in [-0.15, -0.1) is 0 Å². The normalized spacial score (nSPS) is 20.0. The van der Waals surface area contributed by atoms with Crippen LogP contribution in [0.1, 0.15) is 220 Å². The maximum Gasteiger partial charge on any atom is 0.332 e. The lowest BCUT2D eigenvalue weighted by atomic mass is 9.73. The van der Waals surface area contributed by atoms with Crippen LogP contribution in [0, 0.1) is 0 Å². The lowest BCUT2D eigenvalue weighted by Crippen LogP contribution is -2.64. The van der Waals surface area contributed by atoms with E-state index in [1.165, 1.54) is 153 Å². The maximum absolute atomic E-state index is 12.8. The molecule has 260 valence electrons. The highest BCUT2D eigenvalue weighted by molar-refractivity contribution is 5.88. The number of rotatable bonds is 31. The summed E-state index contributed by atoms with van der Waals surface area (Å²) in [5.74, 6) is -1.25. The van der Waals surface area contributed by atoms with Crippen molar-refractivity contribution in [1.29, 1.82) is 0 Å². The van der Waals surface area contributed by atoms with Crippen molar-refractivity contribution in [3.63, 3.8) is 0 Å². The van der Waals surface area contributed by atoms with Crippen LogP contribution < -0.4 is 0 Å². The van der Waals surface area contributed by atoms with Crippen LogP contribution in [0.25, 0.3) is 0 Å². The van der Waals surface area contributed by atoms with Gasteiger partial charge in [0, 0.05) is 13.5 Å². The molecule has 1 unspecified atom stereocenters. The van der Waals surface area contributed by atoms with Gasteiger partial charge in [-0.1, -0.05) is 194 Å². The first-order valence-corrected chi connectivity index (χ1v) is 19.6. The Kier molecular flexibility index (Phi) is 24.2. The number of carboxylic acids is 1. The molecular weight excluding hydrogens is 546 g/mol. The second-order valence-electron chi connectivity index (χ2n) is 14.3. The third-order valence-corrected chi connectivity index (χ3v) is 10.5. The second kappa shape index (κ2) is 26.0. The average Bonchev–Trinajstić information content (AvgIpc) is 3.30. The minimum Gasteiger partial charge on any atom is -0.479 e. The first-order chi connectivity index (χ1) is 21.4. The summed E-state index contributed by atoms with van der Waals surface area (Å²) in [7, 11) is 0. The van der Waals surface area contributed by atoms with E-state index < -0.39 is 17.1 Å². The van der Waals surface area contributed by atoms with Gasteiger partial charge in [0.2, 0.25) is 5.91 Å². The van der Waals surface area contributed by atoms with Gasteiger partial charge in [-0.2, -0.15) is 0 Å². The van der Waals surface area contributed by atoms with Crippen molar-refractivity contribution in [1.82, 2.24) is 4.90 Å². The van der Waals surface area contributed by atoms with Crippen LogP contribution in [0.3, 0.4) is 0 Å². The third kappa shape index (κ3) is 15.9. The fourth-order valence-corrected chi connectivity index (χ4v) is 7.68. The van der Waals surface area contributed by atoms with Crippen molar-refractivity contribution in [3.05, 3.63) is 0 Å². The number of hydrogen-bond donors (Lipinski definition) is 2. The molecule has 0 aromatic rings. The standard InChI is InChI=1S/C39H75NO4/c1-4-6-8-10-12-14-16-18-20-22-24-26-28-30-32-38(44)34-35-40(36(3)41)39(38,37(42)43)33-31-29-27-25-23-21-19-17-15-13-11-9-7-5-2/h44H,4-35H2,1-3H3,(H,42,43)/t38?,39-/m1/s1. The number of carbonyl (C=O) groups is 2. The lowest BCUT2D eigenvalue weighted by Gasteiger charge is -2.43. The summed E-state index contributed by atoms with van der Waals surface area (Å²) in [5.41, 5.74) is -2.81. The topological polar surface area (TPSA) is 77.8 Å². The Morgan fingerprint density at radius 1 is 0.523 bits per heavy atom. The number of unbranched alkanes of at least 4 members (excludes halogenated alkanes) is 26. The molecule has 5 heteroatoms. The number of carbonyl (C=O) groups excluding carboxylic acids is 1. The van der Waals surface area contributed by atoms with Gasteiger partial charge >= 0.3 is 5.97 Å². The predicted octanol–water partition coefficient (Wildman–Crippen LogP) is 11.5. The summed E-state index contributed by atoms with van der Waals surface area (Å²) in [6.07, 6.45) is 36.4. The molecule has 0 saturated carbocycles. The summed E-state index contributed by atoms with van der Waals surface area (Å²) >= 11 is 0. The Morgan fingerprint density at radius 3 is 1.11 bits per heavy atom. The van der Waals surface area contributed by atoms with E-state index in [4.69, 9.17) is 0 Å². The third-order valence-electron chi connectivity index (χ3n) is 10.5. The maximum atomic E-state index is 12.8. The molecule has 2 atom stereocenters. The summed E-state index contributed by atoms with van der Waals surface area (Å²) in [5, 5.41) is 22.3. The Labute approximate surface area is 273 Å². The van der Waals surface area contributed by atoms with Crippen LogP contribution >= 0.6 is 0 Å². The minimum absolute atomic E-state index is 0.227. The van der Waals surface area contributed by atoms with E-state index in [2.05, 4.69) is 13.8 Å². The van der Waals surface area contributed by atoms with Gasteiger partial charge in [-0.3, -0.25) is 4.79 Å². The van der Waals surface area contributed by atoms with Crippen LogP contribution in [-0.4, -0.2) is 44.7 Å². The smallest absolute Gasteiger partial charge is 0.332 e. The van der Waals surface area contributed by atoms with Crippen LogP contribution in [0.4, 0.5) is 0 Å². The highest BCUT2D eigenvalue weighted by Crippen LogP contribution is 2.46. The number of carboxylic acid groups (broad SMARTS) is 1. The van der Waals surface area contributed by atoms with E-state index in [9.17, 15) is 19.8 Å². The molecule has 44 heavy (non-hydrogen) atoms. The van der Waals surface area contributed by atoms with Crippen molar-refractivity contribution in [2.45, 2.75) is 231 Å². The van der Waals surface area contributed by atoms with Gasteiger partial charge < -0.3 is 15.1 Å². The summed E-state index contributed by atoms with van der Waals surface area (Å²) in [4.78, 5) is 26.9. The largest absolute Gasteiger partial charge is 0.479 e. The van der Waals surface area contributed by atoms with Gasteiger partial charge in [-0.25, -0.2) is 4.79 Å². The van der Waals surface area contributed by atoms with Crippen molar-refractivity contribution in [3.8, 4) is 0 Å². The summed E-state index contributed by atoms with van der Waals surface area (Å²) < 4.78 is 0. The molecule has 5 nitrogen and oxygen atoms in total. The fraction of sp³-hybridized carbons (Fsp3) is 0.949. The molecule has 1 heterocycles. The highest BCUT2D eigenvalue weighted by Gasteiger charge is 2.63. The Balaban J connectivity index is 2.31. The molecule has 0 aromatic heterocycles. The Hall–Kier alpha value is -1.10. The number of likely N-dealkylation sites (tertiary alicyclic amines) is 1. The number of amides is 1. The molecule has 0 aliphatic carbocycles. The molecule has 1 saturated heterocycles. The number of hydrogen-bond acceptors (Lipinski definition) is 3. The molecule has 1 amide bonds. The zero-order valence-corrected chi connectivity index (χ0v) is 29.8. The minimum atomic E-state index is -1.48. The first kappa shape index (κ1) is 40.9. The molecule has 1 fully saturated rings. The summed E-state index contributed by atoms with van der Waals surface area (Å²) in [6, 6.07) is 0. The van der Waals surface area contributed by atoms with E-state index in [0.717, 1.165) is 38.5 Å². The van der Waals surface area contributed by atoms with Crippen molar-refractivity contribution < 1.29 is 19.8 Å². The van der Waals surface area contributed by atoms with E-state index in [-0.39, 0.29) is 5.91 Å². The molecule has 1 rings (SSSR count). The monoisotopic (exact) mass is 622 g/mol. The molecule has 0 bridgehead atoms. The van der Waals surface area contributed by atoms with E-state index >= 15 is 0 Å². The number of aliphatic carboxylic acids is 1. The number of aliphatic hydroxyl groups is 1. The molecule has 0 aromatic carbocycles. The average molecular weight is 622 g/mol. The fourth-order valence-electron chi connectivity index (χ4n) is 7.68. The predicted molar refractivity (Wildman–Crippen MR) is 187 cm³/mol. The van der Waals surface area contributed by atoms with Gasteiger partial charge in [0.1, 0.15) is 5.60 Å². The Bertz CT molecular complexity index is 712. The van der Waals surface area contributed by atoms with E-state index in [0.29, 0.717) is 25.8 Å². The van der Waals surface area contributed by atoms with Crippen molar-refractivity contribution in [2.75, 3.05) is 6.54 Å². The van der Waals surface area contributed by atoms with Crippen LogP contribution in [-0.2, 0) is 9.59 Å². The highest BCUT2D eigenvalue weighted by atomic mass is 16.4. The van der Waals surface area contributed by atoms with Crippen molar-refractivity contribution in [2.24, 2.45) is 0 Å². The first-order valence-electron chi connectivity index (χ1n) is 19.6. The molecule has 2 N–H and O–H groups in total. The lowest BCUT2D eigenvalue weighted by molar-refractivity contribution is -0.172. The van der Waals surface area contributed by atoms with Gasteiger partial charge in [-0.05, 0) is 19.3 Å². The van der Waals surface area contributed by atoms with Crippen LogP contribution in [0.2, 0.25) is 0 Å². The van der Waals surface area contributed by atoms with Gasteiger partial charge in [0.15, 0.2) is 5.54 Å². The van der Waals surface area contributed by atoms with Crippen LogP contribution in [0.5, 0.6) is 0 Å². The molecule has 1 aliphatic rings. The van der Waals surface area contributed by atoms with Crippen molar-refractivity contribution >= 4 is 11.9 Å². The van der Waals surface area contributed by atoms with Gasteiger partial charge in [0.25, 0.3) is 0 Å². The molecule has 0 radical (unpaired) electrons. The Morgan fingerprint density at radius 2 is 0.818 bits per heavy atom. The van der Waals surface area contributed by atoms with Gasteiger partial charge in [0.05, 0.1) is 0 Å². The van der Waals surface area contributed by atoms with Crippen LogP contribution in [0.15, 0.2) is 0 Å². The zero-order valence-electron chi connectivity index (χ0n) is 29.8. The summed E-state index contributed by atoms with van der Waals surface area (Å²) in [6.45, 7) is 6.34.